The standard InChI is InChI=1S/C19H30N2O3/c1-13(2)15(4)21-17-7-5-6-16(14(17)3)18(22)20-12-19(23)8-10-24-11-9-19/h5-7,13,15,21,23H,8-12H2,1-4H3,(H,20,22)/t15-/m0/s1. The second kappa shape index (κ2) is 7.99. The van der Waals surface area contributed by atoms with Crippen LogP contribution in [0.4, 0.5) is 5.69 Å². The maximum Gasteiger partial charge on any atom is 0.251 e. The van der Waals surface area contributed by atoms with Crippen LogP contribution >= 0.6 is 0 Å². The van der Waals surface area contributed by atoms with E-state index in [1.165, 1.54) is 0 Å². The first kappa shape index (κ1) is 18.7. The Morgan fingerprint density at radius 1 is 1.29 bits per heavy atom. The van der Waals surface area contributed by atoms with Crippen LogP contribution in [0.15, 0.2) is 18.2 Å². The first-order valence-electron chi connectivity index (χ1n) is 8.77. The van der Waals surface area contributed by atoms with Gasteiger partial charge in [0.2, 0.25) is 0 Å². The van der Waals surface area contributed by atoms with E-state index in [1.54, 1.807) is 0 Å². The molecule has 1 saturated heterocycles. The molecule has 1 aromatic carbocycles. The van der Waals surface area contributed by atoms with Crippen LogP contribution in [0.5, 0.6) is 0 Å². The van der Waals surface area contributed by atoms with E-state index in [0.717, 1.165) is 11.3 Å². The molecule has 0 unspecified atom stereocenters. The number of rotatable bonds is 6. The number of aliphatic hydroxyl groups is 1. The van der Waals surface area contributed by atoms with Crippen molar-refractivity contribution in [2.24, 2.45) is 5.92 Å². The van der Waals surface area contributed by atoms with Crippen molar-refractivity contribution in [3.05, 3.63) is 29.3 Å². The van der Waals surface area contributed by atoms with Crippen LogP contribution in [0.2, 0.25) is 0 Å². The zero-order chi connectivity index (χ0) is 17.7. The van der Waals surface area contributed by atoms with Crippen LogP contribution in [-0.4, -0.2) is 42.4 Å². The second-order valence-electron chi connectivity index (χ2n) is 7.17. The summed E-state index contributed by atoms with van der Waals surface area (Å²) in [7, 11) is 0. The molecular weight excluding hydrogens is 304 g/mol. The van der Waals surface area contributed by atoms with Crippen molar-refractivity contribution in [1.29, 1.82) is 0 Å². The van der Waals surface area contributed by atoms with Crippen molar-refractivity contribution < 1.29 is 14.6 Å². The van der Waals surface area contributed by atoms with Gasteiger partial charge < -0.3 is 20.5 Å². The maximum absolute atomic E-state index is 12.5. The SMILES string of the molecule is Cc1c(N[C@@H](C)C(C)C)cccc1C(=O)NCC1(O)CCOCC1. The predicted molar refractivity (Wildman–Crippen MR) is 96.4 cm³/mol. The van der Waals surface area contributed by atoms with Gasteiger partial charge in [-0.05, 0) is 37.5 Å². The zero-order valence-corrected chi connectivity index (χ0v) is 15.2. The van der Waals surface area contributed by atoms with Gasteiger partial charge in [0.1, 0.15) is 0 Å². The summed E-state index contributed by atoms with van der Waals surface area (Å²) in [6, 6.07) is 6.03. The highest BCUT2D eigenvalue weighted by molar-refractivity contribution is 5.97. The van der Waals surface area contributed by atoms with E-state index in [4.69, 9.17) is 4.74 Å². The monoisotopic (exact) mass is 334 g/mol. The molecule has 1 aliphatic heterocycles. The molecule has 2 rings (SSSR count). The number of amides is 1. The van der Waals surface area contributed by atoms with Gasteiger partial charge in [-0.1, -0.05) is 19.9 Å². The summed E-state index contributed by atoms with van der Waals surface area (Å²) in [5, 5.41) is 16.8. The second-order valence-corrected chi connectivity index (χ2v) is 7.17. The van der Waals surface area contributed by atoms with Gasteiger partial charge in [-0.2, -0.15) is 0 Å². The van der Waals surface area contributed by atoms with Crippen molar-refractivity contribution in [3.8, 4) is 0 Å². The quantitative estimate of drug-likeness (QED) is 0.748. The molecule has 1 aromatic rings. The Bertz CT molecular complexity index is 566. The molecule has 1 atom stereocenters. The molecule has 3 N–H and O–H groups in total. The molecule has 0 aliphatic carbocycles. The molecule has 1 amide bonds. The lowest BCUT2D eigenvalue weighted by Crippen LogP contribution is -2.46. The average Bonchev–Trinajstić information content (AvgIpc) is 2.55. The molecule has 5 nitrogen and oxygen atoms in total. The normalized spacial score (nSPS) is 18.2. The van der Waals surface area contributed by atoms with E-state index in [2.05, 4.69) is 31.4 Å². The highest BCUT2D eigenvalue weighted by Gasteiger charge is 2.30. The predicted octanol–water partition coefficient (Wildman–Crippen LogP) is 2.72. The minimum Gasteiger partial charge on any atom is -0.388 e. The molecule has 0 bridgehead atoms. The van der Waals surface area contributed by atoms with E-state index in [-0.39, 0.29) is 12.5 Å². The number of hydrogen-bond donors (Lipinski definition) is 3. The lowest BCUT2D eigenvalue weighted by molar-refractivity contribution is -0.0605. The van der Waals surface area contributed by atoms with Crippen molar-refractivity contribution >= 4 is 11.6 Å². The van der Waals surface area contributed by atoms with Gasteiger partial charge in [0, 0.05) is 49.9 Å². The van der Waals surface area contributed by atoms with Gasteiger partial charge in [-0.3, -0.25) is 4.79 Å². The van der Waals surface area contributed by atoms with Gasteiger partial charge in [0.15, 0.2) is 0 Å². The smallest absolute Gasteiger partial charge is 0.251 e. The molecule has 0 spiro atoms. The molecular formula is C19H30N2O3. The lowest BCUT2D eigenvalue weighted by Gasteiger charge is -2.32. The summed E-state index contributed by atoms with van der Waals surface area (Å²) >= 11 is 0. The largest absolute Gasteiger partial charge is 0.388 e. The summed E-state index contributed by atoms with van der Waals surface area (Å²) in [6.45, 7) is 9.76. The van der Waals surface area contributed by atoms with Crippen molar-refractivity contribution in [2.45, 2.75) is 52.2 Å². The fourth-order valence-corrected chi connectivity index (χ4v) is 2.72. The van der Waals surface area contributed by atoms with Crippen LogP contribution < -0.4 is 10.6 Å². The van der Waals surface area contributed by atoms with Crippen LogP contribution in [-0.2, 0) is 4.74 Å². The molecule has 1 aliphatic rings. The van der Waals surface area contributed by atoms with Gasteiger partial charge in [-0.15, -0.1) is 0 Å². The van der Waals surface area contributed by atoms with Gasteiger partial charge in [-0.25, -0.2) is 0 Å². The van der Waals surface area contributed by atoms with Gasteiger partial charge in [0.25, 0.3) is 5.91 Å². The van der Waals surface area contributed by atoms with Crippen molar-refractivity contribution in [1.82, 2.24) is 5.32 Å². The van der Waals surface area contributed by atoms with E-state index in [9.17, 15) is 9.90 Å². The number of nitrogens with one attached hydrogen (secondary N) is 2. The van der Waals surface area contributed by atoms with Gasteiger partial charge >= 0.3 is 0 Å². The summed E-state index contributed by atoms with van der Waals surface area (Å²) in [5.41, 5.74) is 1.70. The Kier molecular flexibility index (Phi) is 6.24. The summed E-state index contributed by atoms with van der Waals surface area (Å²) in [5.74, 6) is 0.359. The molecule has 1 fully saturated rings. The zero-order valence-electron chi connectivity index (χ0n) is 15.2. The van der Waals surface area contributed by atoms with Crippen LogP contribution in [0, 0.1) is 12.8 Å². The van der Waals surface area contributed by atoms with E-state index >= 15 is 0 Å². The van der Waals surface area contributed by atoms with Gasteiger partial charge in [0.05, 0.1) is 5.60 Å². The summed E-state index contributed by atoms with van der Waals surface area (Å²) < 4.78 is 5.27. The molecule has 134 valence electrons. The lowest BCUT2D eigenvalue weighted by atomic mass is 9.94. The molecule has 5 heteroatoms. The third-order valence-corrected chi connectivity index (χ3v) is 4.96. The molecule has 1 heterocycles. The van der Waals surface area contributed by atoms with E-state index in [0.29, 0.717) is 43.6 Å². The first-order chi connectivity index (χ1) is 11.3. The van der Waals surface area contributed by atoms with Crippen molar-refractivity contribution in [3.63, 3.8) is 0 Å². The van der Waals surface area contributed by atoms with Crippen LogP contribution in [0.1, 0.15) is 49.5 Å². The van der Waals surface area contributed by atoms with E-state index in [1.807, 2.05) is 25.1 Å². The highest BCUT2D eigenvalue weighted by atomic mass is 16.5. The molecule has 0 saturated carbocycles. The number of ether oxygens (including phenoxy) is 1. The minimum atomic E-state index is -0.857. The number of benzene rings is 1. The topological polar surface area (TPSA) is 70.6 Å². The number of hydrogen-bond acceptors (Lipinski definition) is 4. The third-order valence-electron chi connectivity index (χ3n) is 4.96. The number of carbonyl (C=O) groups is 1. The Labute approximate surface area is 144 Å². The van der Waals surface area contributed by atoms with E-state index < -0.39 is 5.60 Å². The van der Waals surface area contributed by atoms with Crippen LogP contribution in [0.25, 0.3) is 0 Å². The molecule has 0 aromatic heterocycles. The van der Waals surface area contributed by atoms with Crippen molar-refractivity contribution in [2.75, 3.05) is 25.1 Å². The highest BCUT2D eigenvalue weighted by Crippen LogP contribution is 2.22. The first-order valence-corrected chi connectivity index (χ1v) is 8.77. The minimum absolute atomic E-state index is 0.145. The number of anilines is 1. The maximum atomic E-state index is 12.5. The Morgan fingerprint density at radius 3 is 2.58 bits per heavy atom. The summed E-state index contributed by atoms with van der Waals surface area (Å²) in [4.78, 5) is 12.5. The fraction of sp³-hybridized carbons (Fsp3) is 0.632. The Morgan fingerprint density at radius 2 is 1.96 bits per heavy atom. The molecule has 0 radical (unpaired) electrons. The third kappa shape index (κ3) is 4.71. The Balaban J connectivity index is 2.04. The fourth-order valence-electron chi connectivity index (χ4n) is 2.72. The molecule has 24 heavy (non-hydrogen) atoms. The average molecular weight is 334 g/mol. The van der Waals surface area contributed by atoms with Crippen LogP contribution in [0.3, 0.4) is 0 Å². The Hall–Kier alpha value is -1.59. The summed E-state index contributed by atoms with van der Waals surface area (Å²) in [6.07, 6.45) is 1.11. The number of carbonyl (C=O) groups excluding carboxylic acids is 1.